The summed E-state index contributed by atoms with van der Waals surface area (Å²) in [5.41, 5.74) is 2.39. The van der Waals surface area contributed by atoms with Crippen molar-refractivity contribution in [2.75, 3.05) is 19.0 Å². The maximum Gasteiger partial charge on any atom is 0.341 e. The zero-order valence-corrected chi connectivity index (χ0v) is 15.1. The molecule has 0 aliphatic carbocycles. The molecule has 2 rings (SSSR count). The van der Waals surface area contributed by atoms with Crippen molar-refractivity contribution >= 4 is 28.2 Å². The van der Waals surface area contributed by atoms with E-state index in [1.54, 1.807) is 0 Å². The molecular weight excluding hydrogens is 324 g/mol. The van der Waals surface area contributed by atoms with Crippen LogP contribution < -0.4 is 10.6 Å². The number of hydrogen-bond donors (Lipinski definition) is 2. The quantitative estimate of drug-likeness (QED) is 0.786. The Hall–Kier alpha value is -2.18. The topological polar surface area (TPSA) is 67.4 Å². The van der Waals surface area contributed by atoms with E-state index in [1.165, 1.54) is 18.4 Å². The molecule has 2 aromatic rings. The summed E-state index contributed by atoms with van der Waals surface area (Å²) in [4.78, 5) is 25.1. The average molecular weight is 346 g/mol. The number of carbonyl (C=O) groups is 2. The van der Waals surface area contributed by atoms with Gasteiger partial charge in [-0.1, -0.05) is 30.3 Å². The van der Waals surface area contributed by atoms with Gasteiger partial charge in [0.2, 0.25) is 5.91 Å². The van der Waals surface area contributed by atoms with Crippen molar-refractivity contribution in [2.24, 2.45) is 0 Å². The van der Waals surface area contributed by atoms with E-state index in [2.05, 4.69) is 10.6 Å². The molecule has 2 N–H and O–H groups in total. The smallest absolute Gasteiger partial charge is 0.341 e. The van der Waals surface area contributed by atoms with Gasteiger partial charge in [-0.15, -0.1) is 11.3 Å². The number of anilines is 1. The fourth-order valence-electron chi connectivity index (χ4n) is 2.34. The van der Waals surface area contributed by atoms with Crippen molar-refractivity contribution in [3.05, 3.63) is 51.9 Å². The second kappa shape index (κ2) is 8.08. The van der Waals surface area contributed by atoms with Crippen LogP contribution in [0.4, 0.5) is 5.00 Å². The second-order valence-electron chi connectivity index (χ2n) is 5.54. The summed E-state index contributed by atoms with van der Waals surface area (Å²) in [6.45, 7) is 5.93. The summed E-state index contributed by atoms with van der Waals surface area (Å²) < 4.78 is 4.81. The van der Waals surface area contributed by atoms with Gasteiger partial charge in [0.05, 0.1) is 19.2 Å². The molecule has 0 aliphatic heterocycles. The third-order valence-corrected chi connectivity index (χ3v) is 5.02. The number of amides is 1. The monoisotopic (exact) mass is 346 g/mol. The van der Waals surface area contributed by atoms with Gasteiger partial charge in [0.25, 0.3) is 0 Å². The molecule has 1 atom stereocenters. The van der Waals surface area contributed by atoms with Gasteiger partial charge >= 0.3 is 5.97 Å². The van der Waals surface area contributed by atoms with Crippen molar-refractivity contribution in [1.82, 2.24) is 5.32 Å². The van der Waals surface area contributed by atoms with Crippen molar-refractivity contribution < 1.29 is 14.3 Å². The van der Waals surface area contributed by atoms with Crippen molar-refractivity contribution in [3.63, 3.8) is 0 Å². The molecule has 0 fully saturated rings. The van der Waals surface area contributed by atoms with E-state index in [0.29, 0.717) is 10.6 Å². The Balaban J connectivity index is 2.00. The summed E-state index contributed by atoms with van der Waals surface area (Å²) in [6.07, 6.45) is 0. The van der Waals surface area contributed by atoms with E-state index in [1.807, 2.05) is 51.1 Å². The van der Waals surface area contributed by atoms with Crippen LogP contribution >= 0.6 is 11.3 Å². The molecule has 24 heavy (non-hydrogen) atoms. The molecule has 0 spiro atoms. The highest BCUT2D eigenvalue weighted by Crippen LogP contribution is 2.32. The SMILES string of the molecule is COC(=O)c1c(NC(=O)CN[C@H](C)c2ccccc2)sc(C)c1C. The normalized spacial score (nSPS) is 11.8. The molecule has 0 saturated heterocycles. The van der Waals surface area contributed by atoms with E-state index in [-0.39, 0.29) is 18.5 Å². The second-order valence-corrected chi connectivity index (χ2v) is 6.77. The number of nitrogens with one attached hydrogen (secondary N) is 2. The molecule has 0 aliphatic rings. The van der Waals surface area contributed by atoms with Crippen LogP contribution in [0, 0.1) is 13.8 Å². The van der Waals surface area contributed by atoms with Crippen molar-refractivity contribution in [1.29, 1.82) is 0 Å². The highest BCUT2D eigenvalue weighted by molar-refractivity contribution is 7.16. The average Bonchev–Trinajstić information content (AvgIpc) is 2.86. The minimum absolute atomic E-state index is 0.0591. The molecule has 0 saturated carbocycles. The van der Waals surface area contributed by atoms with Gasteiger partial charge in [-0.2, -0.15) is 0 Å². The molecule has 1 amide bonds. The third-order valence-electron chi connectivity index (χ3n) is 3.90. The molecule has 5 nitrogen and oxygen atoms in total. The van der Waals surface area contributed by atoms with Crippen LogP contribution in [0.25, 0.3) is 0 Å². The molecule has 1 heterocycles. The largest absolute Gasteiger partial charge is 0.465 e. The minimum Gasteiger partial charge on any atom is -0.465 e. The highest BCUT2D eigenvalue weighted by atomic mass is 32.1. The first-order valence-corrected chi connectivity index (χ1v) is 8.52. The lowest BCUT2D eigenvalue weighted by Crippen LogP contribution is -2.30. The van der Waals surface area contributed by atoms with Gasteiger partial charge < -0.3 is 15.4 Å². The summed E-state index contributed by atoms with van der Waals surface area (Å²) in [7, 11) is 1.34. The summed E-state index contributed by atoms with van der Waals surface area (Å²) >= 11 is 1.38. The van der Waals surface area contributed by atoms with E-state index >= 15 is 0 Å². The van der Waals surface area contributed by atoms with Crippen LogP contribution in [0.1, 0.15) is 39.3 Å². The third kappa shape index (κ3) is 4.21. The number of thiophene rings is 1. The van der Waals surface area contributed by atoms with Crippen LogP contribution in [-0.2, 0) is 9.53 Å². The number of benzene rings is 1. The van der Waals surface area contributed by atoms with Crippen LogP contribution in [0.2, 0.25) is 0 Å². The Morgan fingerprint density at radius 3 is 2.50 bits per heavy atom. The molecule has 128 valence electrons. The standard InChI is InChI=1S/C18H22N2O3S/c1-11-13(3)24-17(16(11)18(22)23-4)20-15(21)10-19-12(2)14-8-6-5-7-9-14/h5-9,12,19H,10H2,1-4H3,(H,20,21)/t12-/m1/s1. The lowest BCUT2D eigenvalue weighted by Gasteiger charge is -2.14. The van der Waals surface area contributed by atoms with E-state index < -0.39 is 5.97 Å². The number of methoxy groups -OCH3 is 1. The molecule has 0 radical (unpaired) electrons. The number of hydrogen-bond acceptors (Lipinski definition) is 5. The van der Waals surface area contributed by atoms with Crippen molar-refractivity contribution in [2.45, 2.75) is 26.8 Å². The lowest BCUT2D eigenvalue weighted by atomic mass is 10.1. The first-order valence-electron chi connectivity index (χ1n) is 7.70. The fourth-order valence-corrected chi connectivity index (χ4v) is 3.40. The van der Waals surface area contributed by atoms with Crippen molar-refractivity contribution in [3.8, 4) is 0 Å². The number of carbonyl (C=O) groups excluding carboxylic acids is 2. The zero-order chi connectivity index (χ0) is 17.7. The Morgan fingerprint density at radius 1 is 1.21 bits per heavy atom. The van der Waals surface area contributed by atoms with Crippen LogP contribution in [0.3, 0.4) is 0 Å². The van der Waals surface area contributed by atoms with Gasteiger partial charge in [0.1, 0.15) is 5.00 Å². The first kappa shape index (κ1) is 18.2. The number of aryl methyl sites for hydroxylation is 1. The van der Waals surface area contributed by atoms with E-state index in [9.17, 15) is 9.59 Å². The Labute approximate surface area is 146 Å². The summed E-state index contributed by atoms with van der Waals surface area (Å²) in [5, 5.41) is 6.53. The van der Waals surface area contributed by atoms with Gasteiger partial charge in [-0.05, 0) is 31.9 Å². The molecule has 1 aromatic heterocycles. The van der Waals surface area contributed by atoms with E-state index in [4.69, 9.17) is 4.74 Å². The van der Waals surface area contributed by atoms with Gasteiger partial charge in [-0.25, -0.2) is 4.79 Å². The van der Waals surface area contributed by atoms with Gasteiger partial charge in [0, 0.05) is 10.9 Å². The predicted octanol–water partition coefficient (Wildman–Crippen LogP) is 3.44. The number of rotatable bonds is 6. The lowest BCUT2D eigenvalue weighted by molar-refractivity contribution is -0.115. The number of ether oxygens (including phenoxy) is 1. The Morgan fingerprint density at radius 2 is 1.88 bits per heavy atom. The molecule has 0 bridgehead atoms. The Kier molecular flexibility index (Phi) is 6.11. The van der Waals surface area contributed by atoms with Gasteiger partial charge in [0.15, 0.2) is 0 Å². The predicted molar refractivity (Wildman–Crippen MR) is 96.6 cm³/mol. The van der Waals surface area contributed by atoms with Crippen LogP contribution in [0.15, 0.2) is 30.3 Å². The first-order chi connectivity index (χ1) is 11.4. The highest BCUT2D eigenvalue weighted by Gasteiger charge is 2.21. The summed E-state index contributed by atoms with van der Waals surface area (Å²) in [5.74, 6) is -0.623. The maximum atomic E-state index is 12.2. The zero-order valence-electron chi connectivity index (χ0n) is 14.3. The fraction of sp³-hybridized carbons (Fsp3) is 0.333. The molecular formula is C18H22N2O3S. The number of esters is 1. The van der Waals surface area contributed by atoms with Gasteiger partial charge in [-0.3, -0.25) is 4.79 Å². The molecule has 6 heteroatoms. The molecule has 0 unspecified atom stereocenters. The van der Waals surface area contributed by atoms with E-state index in [0.717, 1.165) is 16.0 Å². The minimum atomic E-state index is -0.433. The Bertz CT molecular complexity index is 725. The maximum absolute atomic E-state index is 12.2. The molecule has 1 aromatic carbocycles. The van der Waals surface area contributed by atoms with Crippen LogP contribution in [-0.4, -0.2) is 25.5 Å². The van der Waals surface area contributed by atoms with Crippen LogP contribution in [0.5, 0.6) is 0 Å². The summed E-state index contributed by atoms with van der Waals surface area (Å²) in [6, 6.07) is 9.97.